The van der Waals surface area contributed by atoms with Crippen molar-refractivity contribution >= 4 is 5.97 Å². The van der Waals surface area contributed by atoms with Gasteiger partial charge in [-0.3, -0.25) is 0 Å². The average Bonchev–Trinajstić information content (AvgIpc) is 3.07. The molecule has 1 aromatic heterocycles. The Balaban J connectivity index is 1.59. The first-order chi connectivity index (χ1) is 9.71. The summed E-state index contributed by atoms with van der Waals surface area (Å²) in [5, 5.41) is 4.13. The van der Waals surface area contributed by atoms with E-state index in [1.807, 2.05) is 0 Å². The zero-order chi connectivity index (χ0) is 14.0. The number of hydrogen-bond donors (Lipinski definition) is 0. The van der Waals surface area contributed by atoms with Crippen molar-refractivity contribution in [3.8, 4) is 0 Å². The van der Waals surface area contributed by atoms with Crippen molar-refractivity contribution < 1.29 is 14.3 Å². The van der Waals surface area contributed by atoms with Crippen molar-refractivity contribution in [2.45, 2.75) is 63.2 Å². The normalized spacial score (nSPS) is 24.9. The molecule has 0 N–H and O–H groups in total. The van der Waals surface area contributed by atoms with Gasteiger partial charge in [-0.15, -0.1) is 5.10 Å². The molecule has 1 saturated heterocycles. The molecule has 1 spiro atoms. The van der Waals surface area contributed by atoms with Crippen LogP contribution in [0.1, 0.15) is 55.6 Å². The van der Waals surface area contributed by atoms with E-state index in [2.05, 4.69) is 14.8 Å². The van der Waals surface area contributed by atoms with Crippen molar-refractivity contribution in [3.05, 3.63) is 12.2 Å². The van der Waals surface area contributed by atoms with E-state index in [1.165, 1.54) is 39.2 Å². The molecule has 2 fully saturated rings. The van der Waals surface area contributed by atoms with Gasteiger partial charge in [0.1, 0.15) is 6.33 Å². The molecule has 0 radical (unpaired) electrons. The lowest BCUT2D eigenvalue weighted by Gasteiger charge is -2.33. The maximum absolute atomic E-state index is 11.3. The fourth-order valence-electron chi connectivity index (χ4n) is 3.36. The van der Waals surface area contributed by atoms with E-state index >= 15 is 0 Å². The highest BCUT2D eigenvalue weighted by Gasteiger charge is 2.40. The van der Waals surface area contributed by atoms with Crippen molar-refractivity contribution in [1.29, 1.82) is 0 Å². The van der Waals surface area contributed by atoms with Crippen LogP contribution in [0.2, 0.25) is 0 Å². The lowest BCUT2D eigenvalue weighted by Crippen LogP contribution is -2.32. The Hall–Kier alpha value is -1.43. The Morgan fingerprint density at radius 1 is 1.45 bits per heavy atom. The molecule has 20 heavy (non-hydrogen) atoms. The molecule has 6 nitrogen and oxygen atoms in total. The molecule has 2 heterocycles. The van der Waals surface area contributed by atoms with E-state index in [0.717, 1.165) is 12.8 Å². The summed E-state index contributed by atoms with van der Waals surface area (Å²) in [5.74, 6) is -0.391. The smallest absolute Gasteiger partial charge is 0.377 e. The van der Waals surface area contributed by atoms with Crippen molar-refractivity contribution in [1.82, 2.24) is 14.8 Å². The van der Waals surface area contributed by atoms with Gasteiger partial charge in [-0.1, -0.05) is 19.3 Å². The van der Waals surface area contributed by atoms with Crippen LogP contribution < -0.4 is 0 Å². The second-order valence-electron chi connectivity index (χ2n) is 5.80. The van der Waals surface area contributed by atoms with E-state index in [9.17, 15) is 4.79 Å². The second-order valence-corrected chi connectivity index (χ2v) is 5.80. The molecule has 0 aromatic carbocycles. The Bertz CT molecular complexity index is 480. The quantitative estimate of drug-likeness (QED) is 0.791. The summed E-state index contributed by atoms with van der Waals surface area (Å²) in [6.45, 7) is 0.658. The van der Waals surface area contributed by atoms with Gasteiger partial charge in [0.25, 0.3) is 5.82 Å². The monoisotopic (exact) mass is 279 g/mol. The molecule has 1 aliphatic heterocycles. The molecule has 0 amide bonds. The van der Waals surface area contributed by atoms with Gasteiger partial charge in [-0.2, -0.15) is 0 Å². The Morgan fingerprint density at radius 2 is 2.25 bits per heavy atom. The summed E-state index contributed by atoms with van der Waals surface area (Å²) in [7, 11) is 1.33. The summed E-state index contributed by atoms with van der Waals surface area (Å²) < 4.78 is 12.6. The van der Waals surface area contributed by atoms with Crippen molar-refractivity contribution in [3.63, 3.8) is 0 Å². The molecule has 1 saturated carbocycles. The van der Waals surface area contributed by atoms with Gasteiger partial charge in [0, 0.05) is 0 Å². The number of rotatable bonds is 3. The minimum atomic E-state index is -0.500. The summed E-state index contributed by atoms with van der Waals surface area (Å²) >= 11 is 0. The molecule has 2 aliphatic rings. The van der Waals surface area contributed by atoms with E-state index < -0.39 is 5.97 Å². The molecule has 0 bridgehead atoms. The topological polar surface area (TPSA) is 66.2 Å². The predicted octanol–water partition coefficient (Wildman–Crippen LogP) is 1.95. The van der Waals surface area contributed by atoms with Crippen LogP contribution in [0.5, 0.6) is 0 Å². The summed E-state index contributed by atoms with van der Waals surface area (Å²) in [5.41, 5.74) is 0.120. The largest absolute Gasteiger partial charge is 0.463 e. The van der Waals surface area contributed by atoms with Crippen LogP contribution in [0, 0.1) is 0 Å². The number of esters is 1. The van der Waals surface area contributed by atoms with Gasteiger partial charge in [0.05, 0.1) is 25.4 Å². The zero-order valence-corrected chi connectivity index (χ0v) is 11.9. The van der Waals surface area contributed by atoms with Gasteiger partial charge >= 0.3 is 5.97 Å². The SMILES string of the molecule is COC(=O)c1ncn(CC2CCC3(CCCCC3)O2)n1. The third-order valence-electron chi connectivity index (χ3n) is 4.40. The first-order valence-electron chi connectivity index (χ1n) is 7.36. The fraction of sp³-hybridized carbons (Fsp3) is 0.786. The number of nitrogens with zero attached hydrogens (tertiary/aromatic N) is 3. The summed E-state index contributed by atoms with van der Waals surface area (Å²) in [4.78, 5) is 15.3. The summed E-state index contributed by atoms with van der Waals surface area (Å²) in [6.07, 6.45) is 10.2. The molecule has 6 heteroatoms. The molecular weight excluding hydrogens is 258 g/mol. The molecule has 3 rings (SSSR count). The van der Waals surface area contributed by atoms with Crippen molar-refractivity contribution in [2.75, 3.05) is 7.11 Å². The van der Waals surface area contributed by atoms with E-state index in [4.69, 9.17) is 4.74 Å². The van der Waals surface area contributed by atoms with Crippen LogP contribution in [-0.2, 0) is 16.0 Å². The lowest BCUT2D eigenvalue weighted by molar-refractivity contribution is -0.0689. The average molecular weight is 279 g/mol. The Labute approximate surface area is 118 Å². The number of carbonyl (C=O) groups is 1. The Morgan fingerprint density at radius 3 is 3.00 bits per heavy atom. The lowest BCUT2D eigenvalue weighted by atomic mass is 9.83. The molecule has 110 valence electrons. The van der Waals surface area contributed by atoms with Gasteiger partial charge in [0.2, 0.25) is 0 Å². The molecule has 1 atom stereocenters. The highest BCUT2D eigenvalue weighted by molar-refractivity contribution is 5.84. The van der Waals surface area contributed by atoms with E-state index in [-0.39, 0.29) is 17.5 Å². The number of carbonyl (C=O) groups excluding carboxylic acids is 1. The maximum atomic E-state index is 11.3. The first kappa shape index (κ1) is 13.5. The number of ether oxygens (including phenoxy) is 2. The van der Waals surface area contributed by atoms with Gasteiger partial charge < -0.3 is 9.47 Å². The third-order valence-corrected chi connectivity index (χ3v) is 4.40. The maximum Gasteiger partial charge on any atom is 0.377 e. The Kier molecular flexibility index (Phi) is 3.74. The predicted molar refractivity (Wildman–Crippen MR) is 71.3 cm³/mol. The van der Waals surface area contributed by atoms with Crippen LogP contribution in [0.3, 0.4) is 0 Å². The van der Waals surface area contributed by atoms with Gasteiger partial charge in [-0.25, -0.2) is 14.5 Å². The van der Waals surface area contributed by atoms with Crippen LogP contribution in [-0.4, -0.2) is 39.5 Å². The molecule has 1 unspecified atom stereocenters. The van der Waals surface area contributed by atoms with Gasteiger partial charge in [-0.05, 0) is 25.7 Å². The fourth-order valence-corrected chi connectivity index (χ4v) is 3.36. The first-order valence-corrected chi connectivity index (χ1v) is 7.36. The van der Waals surface area contributed by atoms with E-state index in [0.29, 0.717) is 6.54 Å². The minimum Gasteiger partial charge on any atom is -0.463 e. The van der Waals surface area contributed by atoms with Crippen LogP contribution in [0.4, 0.5) is 0 Å². The van der Waals surface area contributed by atoms with Crippen LogP contribution in [0.15, 0.2) is 6.33 Å². The third kappa shape index (κ3) is 2.70. The van der Waals surface area contributed by atoms with Crippen LogP contribution in [0.25, 0.3) is 0 Å². The minimum absolute atomic E-state index is 0.109. The number of aromatic nitrogens is 3. The highest BCUT2D eigenvalue weighted by Crippen LogP contribution is 2.42. The zero-order valence-electron chi connectivity index (χ0n) is 11.9. The standard InChI is InChI=1S/C14H21N3O3/c1-19-13(18)12-15-10-17(16-12)9-11-5-8-14(20-11)6-3-2-4-7-14/h10-11H,2-9H2,1H3. The van der Waals surface area contributed by atoms with Crippen LogP contribution >= 0.6 is 0 Å². The number of methoxy groups -OCH3 is 1. The molecular formula is C14H21N3O3. The number of hydrogen-bond acceptors (Lipinski definition) is 5. The van der Waals surface area contributed by atoms with Crippen molar-refractivity contribution in [2.24, 2.45) is 0 Å². The highest BCUT2D eigenvalue weighted by atomic mass is 16.5. The molecule has 1 aliphatic carbocycles. The van der Waals surface area contributed by atoms with Gasteiger partial charge in [0.15, 0.2) is 0 Å². The summed E-state index contributed by atoms with van der Waals surface area (Å²) in [6, 6.07) is 0. The van der Waals surface area contributed by atoms with E-state index in [1.54, 1.807) is 11.0 Å². The second kappa shape index (κ2) is 5.52. The molecule has 1 aromatic rings.